The van der Waals surface area contributed by atoms with E-state index in [1.807, 2.05) is 6.92 Å². The van der Waals surface area contributed by atoms with Gasteiger partial charge in [-0.05, 0) is 66.6 Å². The molecule has 0 saturated carbocycles. The average molecular weight is 325 g/mol. The molecule has 2 aliphatic rings. The molecule has 1 aromatic rings. The van der Waals surface area contributed by atoms with E-state index in [0.29, 0.717) is 6.10 Å². The summed E-state index contributed by atoms with van der Waals surface area (Å²) in [5.41, 5.74) is 1.07. The van der Waals surface area contributed by atoms with Crippen molar-refractivity contribution in [3.63, 3.8) is 0 Å². The first kappa shape index (κ1) is 13.4. The average Bonchev–Trinajstić information content (AvgIpc) is 2.96. The van der Waals surface area contributed by atoms with Crippen LogP contribution in [-0.4, -0.2) is 30.8 Å². The molecule has 1 atom stereocenters. The highest BCUT2D eigenvalue weighted by Gasteiger charge is 2.29. The second kappa shape index (κ2) is 5.80. The molecule has 104 valence electrons. The van der Waals surface area contributed by atoms with E-state index in [1.165, 1.54) is 25.7 Å². The van der Waals surface area contributed by atoms with Gasteiger partial charge in [-0.1, -0.05) is 0 Å². The Kier molecular flexibility index (Phi) is 4.08. The molecule has 0 aromatic carbocycles. The Balaban J connectivity index is 1.61. The number of hydrogen-bond donors (Lipinski definition) is 0. The number of piperidine rings is 1. The van der Waals surface area contributed by atoms with Crippen molar-refractivity contribution in [2.45, 2.75) is 38.7 Å². The second-order valence-electron chi connectivity index (χ2n) is 5.61. The first-order valence-electron chi connectivity index (χ1n) is 7.24. The Morgan fingerprint density at radius 3 is 2.68 bits per heavy atom. The van der Waals surface area contributed by atoms with Gasteiger partial charge in [-0.3, -0.25) is 0 Å². The minimum atomic E-state index is 0.529. The van der Waals surface area contributed by atoms with Crippen LogP contribution in [0.5, 0.6) is 0 Å². The number of aromatic nitrogens is 1. The topological polar surface area (TPSA) is 25.4 Å². The smallest absolute Gasteiger partial charge is 0.128 e. The highest BCUT2D eigenvalue weighted by molar-refractivity contribution is 9.10. The lowest BCUT2D eigenvalue weighted by molar-refractivity contribution is 0.0531. The van der Waals surface area contributed by atoms with Gasteiger partial charge in [0.15, 0.2) is 0 Å². The number of rotatable bonds is 2. The lowest BCUT2D eigenvalue weighted by Crippen LogP contribution is -2.38. The molecule has 3 nitrogen and oxygen atoms in total. The third-order valence-corrected chi connectivity index (χ3v) is 5.20. The zero-order valence-electron chi connectivity index (χ0n) is 11.4. The summed E-state index contributed by atoms with van der Waals surface area (Å²) in [6.07, 6.45) is 5.52. The van der Waals surface area contributed by atoms with Gasteiger partial charge in [-0.25, -0.2) is 4.98 Å². The summed E-state index contributed by atoms with van der Waals surface area (Å²) in [5, 5.41) is 0. The maximum absolute atomic E-state index is 5.83. The Hall–Kier alpha value is -0.610. The normalized spacial score (nSPS) is 24.9. The largest absolute Gasteiger partial charge is 0.378 e. The van der Waals surface area contributed by atoms with Gasteiger partial charge in [-0.15, -0.1) is 0 Å². The molecule has 19 heavy (non-hydrogen) atoms. The van der Waals surface area contributed by atoms with Crippen molar-refractivity contribution in [3.8, 4) is 0 Å². The van der Waals surface area contributed by atoms with Crippen molar-refractivity contribution in [3.05, 3.63) is 22.3 Å². The van der Waals surface area contributed by atoms with Gasteiger partial charge in [0.2, 0.25) is 0 Å². The van der Waals surface area contributed by atoms with E-state index in [0.717, 1.165) is 41.6 Å². The van der Waals surface area contributed by atoms with Crippen LogP contribution in [0, 0.1) is 12.8 Å². The van der Waals surface area contributed by atoms with Gasteiger partial charge in [-0.2, -0.15) is 0 Å². The van der Waals surface area contributed by atoms with E-state index in [-0.39, 0.29) is 0 Å². The van der Waals surface area contributed by atoms with Crippen LogP contribution in [0.15, 0.2) is 16.6 Å². The van der Waals surface area contributed by atoms with Crippen molar-refractivity contribution in [2.75, 3.05) is 24.6 Å². The summed E-state index contributed by atoms with van der Waals surface area (Å²) < 4.78 is 6.92. The van der Waals surface area contributed by atoms with E-state index in [4.69, 9.17) is 4.74 Å². The van der Waals surface area contributed by atoms with Crippen molar-refractivity contribution in [2.24, 2.45) is 5.92 Å². The van der Waals surface area contributed by atoms with Gasteiger partial charge in [0.1, 0.15) is 5.82 Å². The van der Waals surface area contributed by atoms with Crippen molar-refractivity contribution in [1.82, 2.24) is 4.98 Å². The highest BCUT2D eigenvalue weighted by Crippen LogP contribution is 2.30. The van der Waals surface area contributed by atoms with Crippen LogP contribution in [0.3, 0.4) is 0 Å². The zero-order valence-corrected chi connectivity index (χ0v) is 13.0. The first-order chi connectivity index (χ1) is 9.24. The summed E-state index contributed by atoms with van der Waals surface area (Å²) in [4.78, 5) is 7.07. The maximum atomic E-state index is 5.83. The first-order valence-corrected chi connectivity index (χ1v) is 8.03. The predicted molar refractivity (Wildman–Crippen MR) is 80.6 cm³/mol. The van der Waals surface area contributed by atoms with Gasteiger partial charge >= 0.3 is 0 Å². The fraction of sp³-hybridized carbons (Fsp3) is 0.667. The van der Waals surface area contributed by atoms with E-state index >= 15 is 0 Å². The Labute approximate surface area is 123 Å². The maximum Gasteiger partial charge on any atom is 0.128 e. The Morgan fingerprint density at radius 1 is 1.26 bits per heavy atom. The number of anilines is 1. The zero-order chi connectivity index (χ0) is 13.2. The second-order valence-corrected chi connectivity index (χ2v) is 6.47. The highest BCUT2D eigenvalue weighted by atomic mass is 79.9. The van der Waals surface area contributed by atoms with Gasteiger partial charge in [0, 0.05) is 24.2 Å². The number of ether oxygens (including phenoxy) is 1. The quantitative estimate of drug-likeness (QED) is 0.831. The number of hydrogen-bond acceptors (Lipinski definition) is 3. The molecule has 2 aliphatic heterocycles. The minimum Gasteiger partial charge on any atom is -0.378 e. The fourth-order valence-corrected chi connectivity index (χ4v) is 3.40. The molecule has 1 aromatic heterocycles. The van der Waals surface area contributed by atoms with Crippen LogP contribution in [0.25, 0.3) is 0 Å². The molecular formula is C15H21BrN2O. The summed E-state index contributed by atoms with van der Waals surface area (Å²) in [7, 11) is 0. The molecule has 0 N–H and O–H groups in total. The molecule has 0 amide bonds. The van der Waals surface area contributed by atoms with Crippen LogP contribution >= 0.6 is 15.9 Å². The molecule has 0 bridgehead atoms. The van der Waals surface area contributed by atoms with Crippen LogP contribution in [0.4, 0.5) is 5.82 Å². The monoisotopic (exact) mass is 324 g/mol. The molecule has 0 radical (unpaired) electrons. The molecule has 0 spiro atoms. The Bertz CT molecular complexity index is 438. The van der Waals surface area contributed by atoms with Crippen LogP contribution in [-0.2, 0) is 4.74 Å². The van der Waals surface area contributed by atoms with E-state index in [9.17, 15) is 0 Å². The minimum absolute atomic E-state index is 0.529. The molecule has 3 heterocycles. The third kappa shape index (κ3) is 2.95. The standard InChI is InChI=1S/C15H21BrN2O/c1-11-13(16)4-5-15(17-11)18-8-6-12(7-9-18)14-3-2-10-19-14/h4-5,12,14H,2-3,6-10H2,1H3. The molecule has 3 rings (SSSR count). The summed E-state index contributed by atoms with van der Waals surface area (Å²) in [6, 6.07) is 4.22. The SMILES string of the molecule is Cc1nc(N2CCC(C3CCCO3)CC2)ccc1Br. The molecule has 4 heteroatoms. The molecule has 1 unspecified atom stereocenters. The van der Waals surface area contributed by atoms with Gasteiger partial charge in [0.05, 0.1) is 11.8 Å². The van der Waals surface area contributed by atoms with Crippen LogP contribution in [0.1, 0.15) is 31.4 Å². The number of nitrogens with zero attached hydrogens (tertiary/aromatic N) is 2. The van der Waals surface area contributed by atoms with Gasteiger partial charge < -0.3 is 9.64 Å². The fourth-order valence-electron chi connectivity index (χ4n) is 3.18. The number of halogens is 1. The van der Waals surface area contributed by atoms with E-state index in [1.54, 1.807) is 0 Å². The van der Waals surface area contributed by atoms with Crippen molar-refractivity contribution in [1.29, 1.82) is 0 Å². The van der Waals surface area contributed by atoms with Crippen molar-refractivity contribution >= 4 is 21.7 Å². The summed E-state index contributed by atoms with van der Waals surface area (Å²) in [6.45, 7) is 5.24. The lowest BCUT2D eigenvalue weighted by Gasteiger charge is -2.35. The molecular weight excluding hydrogens is 304 g/mol. The van der Waals surface area contributed by atoms with Crippen LogP contribution < -0.4 is 4.90 Å². The predicted octanol–water partition coefficient (Wildman–Crippen LogP) is 3.55. The molecule has 2 saturated heterocycles. The number of aryl methyl sites for hydroxylation is 1. The summed E-state index contributed by atoms with van der Waals surface area (Å²) in [5.74, 6) is 1.88. The summed E-state index contributed by atoms with van der Waals surface area (Å²) >= 11 is 3.51. The third-order valence-electron chi connectivity index (χ3n) is 4.36. The van der Waals surface area contributed by atoms with Crippen molar-refractivity contribution < 1.29 is 4.74 Å². The lowest BCUT2D eigenvalue weighted by atomic mass is 9.90. The van der Waals surface area contributed by atoms with Gasteiger partial charge in [0.25, 0.3) is 0 Å². The van der Waals surface area contributed by atoms with E-state index in [2.05, 4.69) is 37.9 Å². The Morgan fingerprint density at radius 2 is 2.05 bits per heavy atom. The van der Waals surface area contributed by atoms with Crippen LogP contribution in [0.2, 0.25) is 0 Å². The molecule has 0 aliphatic carbocycles. The number of pyridine rings is 1. The van der Waals surface area contributed by atoms with E-state index < -0.39 is 0 Å². The molecule has 2 fully saturated rings.